The van der Waals surface area contributed by atoms with Gasteiger partial charge in [-0.2, -0.15) is 0 Å². The number of rotatable bonds is 24. The first-order chi connectivity index (χ1) is 37.6. The van der Waals surface area contributed by atoms with Crippen LogP contribution in [0.4, 0.5) is 30.2 Å². The highest BCUT2D eigenvalue weighted by atomic mass is 79.9. The molecule has 0 bridgehead atoms. The summed E-state index contributed by atoms with van der Waals surface area (Å²) >= 11 is 26.0. The van der Waals surface area contributed by atoms with Gasteiger partial charge < -0.3 is 50.8 Å². The number of hydrogen-bond acceptors (Lipinski definition) is 10. The first-order valence-corrected chi connectivity index (χ1v) is 28.5. The number of aliphatic carboxylic acids is 3. The van der Waals surface area contributed by atoms with Crippen LogP contribution in [0.3, 0.4) is 0 Å². The number of halogens is 9. The maximum Gasteiger partial charge on any atom is 0.322 e. The fraction of sp³-hybridized carbons (Fsp3) is 0.298. The molecule has 0 heterocycles. The zero-order valence-corrected chi connectivity index (χ0v) is 52.0. The van der Waals surface area contributed by atoms with Gasteiger partial charge in [0.15, 0.2) is 5.75 Å². The van der Waals surface area contributed by atoms with Gasteiger partial charge in [-0.3, -0.25) is 19.2 Å². The Hall–Kier alpha value is -5.71. The third-order valence-corrected chi connectivity index (χ3v) is 13.3. The predicted molar refractivity (Wildman–Crippen MR) is 321 cm³/mol. The van der Waals surface area contributed by atoms with Crippen molar-refractivity contribution in [3.63, 3.8) is 0 Å². The van der Waals surface area contributed by atoms with Crippen LogP contribution in [-0.2, 0) is 47.0 Å². The molecule has 0 atom stereocenters. The molecule has 0 spiro atoms. The van der Waals surface area contributed by atoms with Gasteiger partial charge in [-0.05, 0) is 237 Å². The molecular formula is C57H59Br4Cl2F3N4O10. The summed E-state index contributed by atoms with van der Waals surface area (Å²) in [6, 6.07) is 24.5. The summed E-state index contributed by atoms with van der Waals surface area (Å²) in [6.07, 6.45) is 0.805. The van der Waals surface area contributed by atoms with Gasteiger partial charge in [0.2, 0.25) is 0 Å². The molecular weight excluding hydrogens is 1350 g/mol. The van der Waals surface area contributed by atoms with E-state index in [4.69, 9.17) is 52.7 Å². The molecule has 23 heteroatoms. The third-order valence-electron chi connectivity index (χ3n) is 10.4. The van der Waals surface area contributed by atoms with E-state index in [9.17, 15) is 32.3 Å². The highest BCUT2D eigenvalue weighted by Gasteiger charge is 2.17. The number of ether oxygens (including phenoxy) is 3. The smallest absolute Gasteiger partial charge is 0.322 e. The monoisotopic (exact) mass is 1400 g/mol. The van der Waals surface area contributed by atoms with Crippen molar-refractivity contribution in [1.82, 2.24) is 5.32 Å². The Bertz CT molecular complexity index is 2940. The summed E-state index contributed by atoms with van der Waals surface area (Å²) in [5, 5.41) is 38.5. The second-order valence-corrected chi connectivity index (χ2v) is 22.9. The van der Waals surface area contributed by atoms with Crippen molar-refractivity contribution in [2.75, 3.05) is 22.5 Å². The molecule has 430 valence electrons. The molecule has 0 unspecified atom stereocenters. The summed E-state index contributed by atoms with van der Waals surface area (Å²) in [5.74, 6) is -3.12. The van der Waals surface area contributed by atoms with E-state index in [-0.39, 0.29) is 89.6 Å². The van der Waals surface area contributed by atoms with Crippen molar-refractivity contribution in [3.05, 3.63) is 170 Å². The third kappa shape index (κ3) is 23.8. The maximum absolute atomic E-state index is 13.8. The topological polar surface area (TPSA) is 205 Å². The lowest BCUT2D eigenvalue weighted by atomic mass is 10.1. The molecule has 0 radical (unpaired) electrons. The minimum Gasteiger partial charge on any atom is -0.487 e. The van der Waals surface area contributed by atoms with Crippen molar-refractivity contribution >= 4 is 128 Å². The van der Waals surface area contributed by atoms with Crippen molar-refractivity contribution < 1.29 is 61.9 Å². The summed E-state index contributed by atoms with van der Waals surface area (Å²) in [4.78, 5) is 43.9. The van der Waals surface area contributed by atoms with Gasteiger partial charge in [-0.25, -0.2) is 13.2 Å². The molecule has 6 aromatic carbocycles. The lowest BCUT2D eigenvalue weighted by Gasteiger charge is -2.14. The Morgan fingerprint density at radius 1 is 0.463 bits per heavy atom. The van der Waals surface area contributed by atoms with Crippen LogP contribution in [-0.4, -0.2) is 63.8 Å². The Labute approximate surface area is 506 Å². The second kappa shape index (κ2) is 32.7. The number of aryl methyl sites for hydroxylation is 2. The van der Waals surface area contributed by atoms with Crippen molar-refractivity contribution in [1.29, 1.82) is 0 Å². The van der Waals surface area contributed by atoms with E-state index in [1.807, 2.05) is 59.7 Å². The average Bonchev–Trinajstić information content (AvgIpc) is 3.37. The van der Waals surface area contributed by atoms with Crippen LogP contribution in [0, 0.1) is 17.5 Å². The van der Waals surface area contributed by atoms with E-state index < -0.39 is 30.4 Å². The number of hydrogen-bond donors (Lipinski definition) is 7. The molecule has 0 saturated heterocycles. The number of nitrogens with one attached hydrogen (secondary N) is 4. The molecule has 1 amide bonds. The van der Waals surface area contributed by atoms with Gasteiger partial charge in [-0.1, -0.05) is 23.2 Å². The summed E-state index contributed by atoms with van der Waals surface area (Å²) in [7, 11) is 0. The first-order valence-electron chi connectivity index (χ1n) is 24.6. The molecule has 0 saturated carbocycles. The highest BCUT2D eigenvalue weighted by Crippen LogP contribution is 2.38. The Morgan fingerprint density at radius 2 is 0.787 bits per heavy atom. The van der Waals surface area contributed by atoms with Crippen LogP contribution in [0.5, 0.6) is 17.2 Å². The summed E-state index contributed by atoms with van der Waals surface area (Å²) in [6.45, 7) is 11.8. The maximum atomic E-state index is 13.8. The molecule has 0 aliphatic carbocycles. The SMILES string of the molecule is CC(C)Nc1cc(F)cc(COc2c(Br)cc(C(=O)NCC(=O)O)cc2Br)c1.CC(C)Nc1cc(F)cc(COc2c(Br)cc(CCC(=O)O)cc2Br)c1.CC(C)Nc1cc(F)cc(COc2c(Cl)cc(CCC(=O)O)cc2Cl)c1. The molecule has 80 heavy (non-hydrogen) atoms. The van der Waals surface area contributed by atoms with Crippen LogP contribution >= 0.6 is 86.9 Å². The molecule has 0 fully saturated rings. The highest BCUT2D eigenvalue weighted by molar-refractivity contribution is 9.11. The number of carbonyl (C=O) groups excluding carboxylic acids is 1. The minimum atomic E-state index is -1.13. The van der Waals surface area contributed by atoms with Crippen LogP contribution in [0.15, 0.2) is 109 Å². The largest absolute Gasteiger partial charge is 0.487 e. The van der Waals surface area contributed by atoms with Crippen LogP contribution in [0.2, 0.25) is 10.0 Å². The molecule has 6 rings (SSSR count). The predicted octanol–water partition coefficient (Wildman–Crippen LogP) is 15.9. The standard InChI is InChI=1S/C19H19Br2FN2O4.C19H20Br2FNO3.C19H20Cl2FNO3/c1-10(2)24-14-4-11(3-13(22)7-14)9-28-18-15(20)5-12(6-16(18)21)19(27)23-8-17(25)26;2*1-11(2)23-15-6-13(5-14(22)9-15)10-26-19-16(20)7-12(8-17(19)21)3-4-18(24)25/h3-7,10,24H,8-9H2,1-2H3,(H,23,27)(H,25,26);2*5-9,11,23H,3-4,10H2,1-2H3,(H,24,25). The number of carbonyl (C=O) groups is 4. The van der Waals surface area contributed by atoms with Crippen LogP contribution in [0.1, 0.15) is 92.6 Å². The molecule has 0 aliphatic rings. The van der Waals surface area contributed by atoms with Gasteiger partial charge in [0.05, 0.1) is 27.9 Å². The van der Waals surface area contributed by atoms with E-state index in [1.54, 1.807) is 24.3 Å². The number of anilines is 3. The molecule has 14 nitrogen and oxygen atoms in total. The van der Waals surface area contributed by atoms with Crippen LogP contribution < -0.4 is 35.5 Å². The Balaban J connectivity index is 0.000000259. The molecule has 6 aromatic rings. The first kappa shape index (κ1) is 66.8. The van der Waals surface area contributed by atoms with E-state index in [0.29, 0.717) is 81.5 Å². The normalized spacial score (nSPS) is 10.8. The van der Waals surface area contributed by atoms with Gasteiger partial charge in [0.1, 0.15) is 55.3 Å². The van der Waals surface area contributed by atoms with E-state index in [1.165, 1.54) is 48.5 Å². The lowest BCUT2D eigenvalue weighted by molar-refractivity contribution is -0.138. The van der Waals surface area contributed by atoms with Crippen LogP contribution in [0.25, 0.3) is 0 Å². The fourth-order valence-electron chi connectivity index (χ4n) is 7.30. The van der Waals surface area contributed by atoms with Crippen molar-refractivity contribution in [3.8, 4) is 17.2 Å². The van der Waals surface area contributed by atoms with Gasteiger partial charge in [0.25, 0.3) is 5.91 Å². The quantitative estimate of drug-likeness (QED) is 0.0302. The van der Waals surface area contributed by atoms with Gasteiger partial charge in [-0.15, -0.1) is 0 Å². The molecule has 0 aromatic heterocycles. The zero-order valence-electron chi connectivity index (χ0n) is 44.2. The summed E-state index contributed by atoms with van der Waals surface area (Å²) in [5.41, 5.74) is 5.89. The lowest BCUT2D eigenvalue weighted by Crippen LogP contribution is -2.29. The van der Waals surface area contributed by atoms with Crippen molar-refractivity contribution in [2.45, 2.75) is 105 Å². The van der Waals surface area contributed by atoms with E-state index in [0.717, 1.165) is 5.56 Å². The molecule has 0 aliphatic heterocycles. The fourth-order valence-corrected chi connectivity index (χ4v) is 10.9. The average molecular weight is 1410 g/mol. The number of amides is 1. The number of carboxylic acids is 3. The summed E-state index contributed by atoms with van der Waals surface area (Å²) < 4.78 is 61.1. The molecule has 7 N–H and O–H groups in total. The Morgan fingerprint density at radius 3 is 1.11 bits per heavy atom. The number of carboxylic acid groups (broad SMARTS) is 3. The number of benzene rings is 6. The van der Waals surface area contributed by atoms with E-state index in [2.05, 4.69) is 85.0 Å². The Kier molecular flexibility index (Phi) is 27.3. The zero-order chi connectivity index (χ0) is 59.4. The van der Waals surface area contributed by atoms with Gasteiger partial charge in [0, 0.05) is 53.6 Å². The minimum absolute atomic E-state index is 0.0121. The van der Waals surface area contributed by atoms with Gasteiger partial charge >= 0.3 is 17.9 Å². The van der Waals surface area contributed by atoms with Crippen molar-refractivity contribution in [2.24, 2.45) is 0 Å². The van der Waals surface area contributed by atoms with E-state index >= 15 is 0 Å². The second-order valence-electron chi connectivity index (χ2n) is 18.7.